The molecule has 0 saturated carbocycles. The lowest BCUT2D eigenvalue weighted by Gasteiger charge is -2.30. The molecule has 5 nitrogen and oxygen atoms in total. The number of piperidine rings is 1. The first-order valence-corrected chi connectivity index (χ1v) is 9.99. The highest BCUT2D eigenvalue weighted by Crippen LogP contribution is 2.34. The van der Waals surface area contributed by atoms with Crippen LogP contribution < -0.4 is 0 Å². The van der Waals surface area contributed by atoms with E-state index in [9.17, 15) is 26.4 Å². The summed E-state index contributed by atoms with van der Waals surface area (Å²) in [7, 11) is -2.56. The molecule has 0 aromatic heterocycles. The number of hydrogen-bond donors (Lipinski definition) is 0. The molecule has 1 fully saturated rings. The summed E-state index contributed by atoms with van der Waals surface area (Å²) in [6, 6.07) is 4.93. The molecule has 0 unspecified atom stereocenters. The van der Waals surface area contributed by atoms with Crippen LogP contribution in [0.2, 0.25) is 0 Å². The van der Waals surface area contributed by atoms with Crippen LogP contribution >= 0.6 is 11.8 Å². The van der Waals surface area contributed by atoms with Crippen molar-refractivity contribution in [1.82, 2.24) is 4.31 Å². The van der Waals surface area contributed by atoms with E-state index < -0.39 is 33.5 Å². The summed E-state index contributed by atoms with van der Waals surface area (Å²) in [5.41, 5.74) is -0.694. The van der Waals surface area contributed by atoms with Crippen LogP contribution in [-0.2, 0) is 25.7 Å². The summed E-state index contributed by atoms with van der Waals surface area (Å²) < 4.78 is 67.4. The van der Waals surface area contributed by atoms with Crippen molar-refractivity contribution in [3.63, 3.8) is 0 Å². The molecule has 140 valence electrons. The van der Waals surface area contributed by atoms with E-state index in [0.717, 1.165) is 19.2 Å². The molecule has 0 aliphatic carbocycles. The summed E-state index contributed by atoms with van der Waals surface area (Å²) >= 11 is 1.43. The van der Waals surface area contributed by atoms with Gasteiger partial charge in [-0.2, -0.15) is 13.2 Å². The van der Waals surface area contributed by atoms with E-state index in [0.29, 0.717) is 17.7 Å². The zero-order valence-corrected chi connectivity index (χ0v) is 15.1. The van der Waals surface area contributed by atoms with E-state index in [1.165, 1.54) is 28.2 Å². The van der Waals surface area contributed by atoms with E-state index in [4.69, 9.17) is 0 Å². The topological polar surface area (TPSA) is 63.7 Å². The number of benzene rings is 1. The second-order valence-corrected chi connectivity index (χ2v) is 8.91. The van der Waals surface area contributed by atoms with E-state index in [1.807, 2.05) is 0 Å². The minimum absolute atomic E-state index is 0.112. The number of thioether (sulfide) groups is 1. The van der Waals surface area contributed by atoms with Gasteiger partial charge in [0.25, 0.3) is 0 Å². The fraction of sp³-hybridized carbons (Fsp3) is 0.533. The average Bonchev–Trinajstić information content (AvgIpc) is 2.54. The van der Waals surface area contributed by atoms with Crippen LogP contribution in [-0.4, -0.2) is 49.9 Å². The number of carbonyl (C=O) groups is 1. The lowest BCUT2D eigenvalue weighted by Crippen LogP contribution is -2.42. The minimum atomic E-state index is -4.36. The first kappa shape index (κ1) is 20.1. The highest BCUT2D eigenvalue weighted by atomic mass is 32.2. The van der Waals surface area contributed by atoms with E-state index >= 15 is 0 Å². The van der Waals surface area contributed by atoms with Crippen LogP contribution in [0.25, 0.3) is 0 Å². The predicted octanol–water partition coefficient (Wildman–Crippen LogP) is 2.76. The van der Waals surface area contributed by atoms with Crippen molar-refractivity contribution in [3.05, 3.63) is 29.8 Å². The summed E-state index contributed by atoms with van der Waals surface area (Å²) in [6.45, 7) is 0.551. The Labute approximate surface area is 148 Å². The van der Waals surface area contributed by atoms with Gasteiger partial charge in [-0.05, 0) is 37.1 Å². The maximum atomic E-state index is 12.5. The predicted molar refractivity (Wildman–Crippen MR) is 87.7 cm³/mol. The highest BCUT2D eigenvalue weighted by Gasteiger charge is 2.31. The third kappa shape index (κ3) is 5.61. The third-order valence-corrected chi connectivity index (χ3v) is 6.91. The Morgan fingerprint density at radius 1 is 1.24 bits per heavy atom. The van der Waals surface area contributed by atoms with Crippen LogP contribution in [0.3, 0.4) is 0 Å². The SMILES string of the molecule is COC(=O)CS(=O)(=O)N1CCC(Sc2ccc(C(F)(F)F)cc2)CC1. The molecule has 0 bridgehead atoms. The molecule has 0 atom stereocenters. The maximum Gasteiger partial charge on any atom is 0.416 e. The number of alkyl halides is 3. The van der Waals surface area contributed by atoms with Crippen molar-refractivity contribution in [1.29, 1.82) is 0 Å². The largest absolute Gasteiger partial charge is 0.468 e. The van der Waals surface area contributed by atoms with Crippen LogP contribution in [0, 0.1) is 0 Å². The fourth-order valence-electron chi connectivity index (χ4n) is 2.44. The molecule has 1 aromatic rings. The van der Waals surface area contributed by atoms with Crippen molar-refractivity contribution < 1.29 is 31.1 Å². The van der Waals surface area contributed by atoms with Gasteiger partial charge in [0, 0.05) is 23.2 Å². The maximum absolute atomic E-state index is 12.5. The van der Waals surface area contributed by atoms with Gasteiger partial charge in [0.05, 0.1) is 12.7 Å². The van der Waals surface area contributed by atoms with Gasteiger partial charge >= 0.3 is 12.1 Å². The zero-order valence-electron chi connectivity index (χ0n) is 13.5. The molecular formula is C15H18F3NO4S2. The number of hydrogen-bond acceptors (Lipinski definition) is 5. The third-order valence-electron chi connectivity index (χ3n) is 3.81. The second-order valence-electron chi connectivity index (χ2n) is 5.57. The van der Waals surface area contributed by atoms with Crippen LogP contribution in [0.1, 0.15) is 18.4 Å². The molecular weight excluding hydrogens is 379 g/mol. The quantitative estimate of drug-likeness (QED) is 0.715. The summed E-state index contributed by atoms with van der Waals surface area (Å²) in [6.07, 6.45) is -3.24. The van der Waals surface area contributed by atoms with Crippen molar-refractivity contribution in [3.8, 4) is 0 Å². The molecule has 1 aliphatic rings. The molecule has 25 heavy (non-hydrogen) atoms. The lowest BCUT2D eigenvalue weighted by atomic mass is 10.2. The number of halogens is 3. The van der Waals surface area contributed by atoms with Gasteiger partial charge in [0.15, 0.2) is 5.75 Å². The summed E-state index contributed by atoms with van der Waals surface area (Å²) in [5.74, 6) is -1.48. The van der Waals surface area contributed by atoms with Gasteiger partial charge in [-0.25, -0.2) is 12.7 Å². The number of ether oxygens (including phenoxy) is 1. The zero-order chi connectivity index (χ0) is 18.7. The minimum Gasteiger partial charge on any atom is -0.468 e. The van der Waals surface area contributed by atoms with Gasteiger partial charge in [-0.15, -0.1) is 11.8 Å². The Balaban J connectivity index is 1.89. The molecule has 0 spiro atoms. The van der Waals surface area contributed by atoms with Crippen molar-refractivity contribution >= 4 is 27.8 Å². The Hall–Kier alpha value is -1.26. The summed E-state index contributed by atoms with van der Waals surface area (Å²) in [4.78, 5) is 11.9. The molecule has 2 rings (SSSR count). The fourth-order valence-corrected chi connectivity index (χ4v) is 4.93. The van der Waals surface area contributed by atoms with Crippen molar-refractivity contribution in [2.75, 3.05) is 26.0 Å². The standard InChI is InChI=1S/C15H18F3NO4S2/c1-23-14(20)10-25(21,22)19-8-6-13(7-9-19)24-12-4-2-11(3-5-12)15(16,17)18/h2-5,13H,6-10H2,1H3. The van der Waals surface area contributed by atoms with Gasteiger partial charge < -0.3 is 4.74 Å². The smallest absolute Gasteiger partial charge is 0.416 e. The van der Waals surface area contributed by atoms with Crippen LogP contribution in [0.15, 0.2) is 29.2 Å². The van der Waals surface area contributed by atoms with E-state index in [1.54, 1.807) is 0 Å². The Morgan fingerprint density at radius 3 is 2.28 bits per heavy atom. The Morgan fingerprint density at radius 2 is 1.80 bits per heavy atom. The first-order chi connectivity index (χ1) is 11.6. The van der Waals surface area contributed by atoms with Gasteiger partial charge in [-0.3, -0.25) is 4.79 Å². The number of rotatable bonds is 5. The molecule has 1 aromatic carbocycles. The number of methoxy groups -OCH3 is 1. The normalized spacial score (nSPS) is 17.4. The molecule has 1 heterocycles. The van der Waals surface area contributed by atoms with Crippen molar-refractivity contribution in [2.24, 2.45) is 0 Å². The molecule has 0 radical (unpaired) electrons. The van der Waals surface area contributed by atoms with Crippen LogP contribution in [0.4, 0.5) is 13.2 Å². The number of esters is 1. The van der Waals surface area contributed by atoms with Gasteiger partial charge in [-0.1, -0.05) is 0 Å². The molecule has 1 aliphatic heterocycles. The van der Waals surface area contributed by atoms with E-state index in [-0.39, 0.29) is 18.3 Å². The average molecular weight is 397 g/mol. The molecule has 10 heteroatoms. The molecule has 1 saturated heterocycles. The summed E-state index contributed by atoms with van der Waals surface area (Å²) in [5, 5.41) is 0.112. The first-order valence-electron chi connectivity index (χ1n) is 7.50. The number of sulfonamides is 1. The Bertz CT molecular complexity index is 696. The van der Waals surface area contributed by atoms with Gasteiger partial charge in [0.2, 0.25) is 10.0 Å². The van der Waals surface area contributed by atoms with E-state index in [2.05, 4.69) is 4.74 Å². The molecule has 0 N–H and O–H groups in total. The second kappa shape index (κ2) is 7.96. The monoisotopic (exact) mass is 397 g/mol. The number of nitrogens with zero attached hydrogens (tertiary/aromatic N) is 1. The number of carbonyl (C=O) groups excluding carboxylic acids is 1. The van der Waals surface area contributed by atoms with Gasteiger partial charge in [0.1, 0.15) is 0 Å². The van der Waals surface area contributed by atoms with Crippen LogP contribution in [0.5, 0.6) is 0 Å². The Kier molecular flexibility index (Phi) is 6.39. The molecule has 0 amide bonds. The van der Waals surface area contributed by atoms with Crippen molar-refractivity contribution in [2.45, 2.75) is 29.2 Å². The lowest BCUT2D eigenvalue weighted by molar-refractivity contribution is -0.138. The highest BCUT2D eigenvalue weighted by molar-refractivity contribution is 8.00.